The predicted molar refractivity (Wildman–Crippen MR) is 115 cm³/mol. The second kappa shape index (κ2) is 10.4. The van der Waals surface area contributed by atoms with Gasteiger partial charge in [-0.3, -0.25) is 0 Å². The first-order chi connectivity index (χ1) is 13.3. The highest BCUT2D eigenvalue weighted by Crippen LogP contribution is 2.24. The molecule has 0 aliphatic carbocycles. The van der Waals surface area contributed by atoms with E-state index in [1.165, 1.54) is 35.3 Å². The Balaban J connectivity index is 1.88. The van der Waals surface area contributed by atoms with E-state index in [0.717, 1.165) is 17.2 Å². The van der Waals surface area contributed by atoms with Gasteiger partial charge in [0, 0.05) is 25.5 Å². The van der Waals surface area contributed by atoms with Crippen molar-refractivity contribution in [2.24, 2.45) is 4.99 Å². The van der Waals surface area contributed by atoms with Crippen molar-refractivity contribution >= 4 is 27.3 Å². The maximum atomic E-state index is 12.2. The van der Waals surface area contributed by atoms with Gasteiger partial charge in [-0.05, 0) is 38.1 Å². The first-order valence-corrected chi connectivity index (χ1v) is 11.3. The van der Waals surface area contributed by atoms with Gasteiger partial charge in [-0.15, -0.1) is 11.3 Å². The number of aliphatic imine (C=N–C) groups is 1. The van der Waals surface area contributed by atoms with Crippen LogP contribution in [0, 0.1) is 6.92 Å². The van der Waals surface area contributed by atoms with E-state index in [4.69, 9.17) is 4.74 Å². The van der Waals surface area contributed by atoms with Crippen molar-refractivity contribution in [2.75, 3.05) is 33.8 Å². The lowest BCUT2D eigenvalue weighted by molar-refractivity contribution is 0.322. The van der Waals surface area contributed by atoms with Crippen LogP contribution in [-0.4, -0.2) is 52.5 Å². The van der Waals surface area contributed by atoms with Crippen molar-refractivity contribution in [1.29, 1.82) is 0 Å². The van der Waals surface area contributed by atoms with Crippen molar-refractivity contribution in [2.45, 2.75) is 24.6 Å². The number of aryl methyl sites for hydroxylation is 1. The van der Waals surface area contributed by atoms with Gasteiger partial charge in [-0.1, -0.05) is 17.7 Å². The molecule has 9 heteroatoms. The van der Waals surface area contributed by atoms with Crippen LogP contribution in [-0.2, 0) is 16.6 Å². The van der Waals surface area contributed by atoms with Crippen molar-refractivity contribution in [3.05, 3.63) is 46.8 Å². The zero-order valence-electron chi connectivity index (χ0n) is 16.7. The number of thiophene rings is 1. The summed E-state index contributed by atoms with van der Waals surface area (Å²) in [5.74, 6) is 1.50. The lowest BCUT2D eigenvalue weighted by Crippen LogP contribution is -2.39. The van der Waals surface area contributed by atoms with Crippen LogP contribution in [0.2, 0.25) is 0 Å². The fraction of sp³-hybridized carbons (Fsp3) is 0.421. The lowest BCUT2D eigenvalue weighted by atomic mass is 10.2. The lowest BCUT2D eigenvalue weighted by Gasteiger charge is -2.12. The van der Waals surface area contributed by atoms with E-state index in [-0.39, 0.29) is 0 Å². The molecule has 0 bridgehead atoms. The SMILES string of the molecule is CCNC(=NCc1ccc(S(=O)(=O)N(C)C)s1)NCCOc1ccc(C)cc1. The average molecular weight is 425 g/mol. The van der Waals surface area contributed by atoms with Crippen LogP contribution < -0.4 is 15.4 Å². The first-order valence-electron chi connectivity index (χ1n) is 9.06. The third-order valence-corrected chi connectivity index (χ3v) is 7.15. The zero-order valence-corrected chi connectivity index (χ0v) is 18.4. The number of ether oxygens (including phenoxy) is 1. The summed E-state index contributed by atoms with van der Waals surface area (Å²) in [5.41, 5.74) is 1.20. The Labute approximate surface area is 171 Å². The van der Waals surface area contributed by atoms with Crippen LogP contribution in [0.1, 0.15) is 17.4 Å². The minimum atomic E-state index is -3.40. The number of guanidine groups is 1. The molecule has 0 aliphatic heterocycles. The highest BCUT2D eigenvalue weighted by Gasteiger charge is 2.19. The molecule has 28 heavy (non-hydrogen) atoms. The number of nitrogens with zero attached hydrogens (tertiary/aromatic N) is 2. The summed E-state index contributed by atoms with van der Waals surface area (Å²) in [5, 5.41) is 6.40. The molecule has 2 rings (SSSR count). The van der Waals surface area contributed by atoms with E-state index in [9.17, 15) is 8.42 Å². The molecule has 2 N–H and O–H groups in total. The summed E-state index contributed by atoms with van der Waals surface area (Å²) in [4.78, 5) is 5.40. The van der Waals surface area contributed by atoms with E-state index in [2.05, 4.69) is 15.6 Å². The number of rotatable bonds is 9. The van der Waals surface area contributed by atoms with E-state index >= 15 is 0 Å². The first kappa shape index (κ1) is 22.2. The number of nitrogens with one attached hydrogen (secondary N) is 2. The van der Waals surface area contributed by atoms with Crippen LogP contribution in [0.3, 0.4) is 0 Å². The van der Waals surface area contributed by atoms with Crippen LogP contribution in [0.4, 0.5) is 0 Å². The molecule has 0 saturated heterocycles. The standard InChI is InChI=1S/C19H28N4O3S2/c1-5-20-19(21-12-13-26-16-8-6-15(2)7-9-16)22-14-17-10-11-18(27-17)28(24,25)23(3)4/h6-11H,5,12-14H2,1-4H3,(H2,20,21,22). The molecule has 7 nitrogen and oxygen atoms in total. The Kier molecular flexibility index (Phi) is 8.28. The normalized spacial score (nSPS) is 12.2. The number of sulfonamides is 1. The molecule has 0 atom stereocenters. The van der Waals surface area contributed by atoms with Crippen LogP contribution in [0.5, 0.6) is 5.75 Å². The average Bonchev–Trinajstić information content (AvgIpc) is 3.14. The van der Waals surface area contributed by atoms with E-state index in [1.807, 2.05) is 38.1 Å². The number of hydrogen-bond donors (Lipinski definition) is 2. The molecular formula is C19H28N4O3S2. The van der Waals surface area contributed by atoms with Crippen molar-refractivity contribution in [3.8, 4) is 5.75 Å². The summed E-state index contributed by atoms with van der Waals surface area (Å²) >= 11 is 1.24. The van der Waals surface area contributed by atoms with Gasteiger partial charge in [0.2, 0.25) is 0 Å². The van der Waals surface area contributed by atoms with Gasteiger partial charge in [0.25, 0.3) is 10.0 Å². The molecule has 1 heterocycles. The zero-order chi connectivity index (χ0) is 20.6. The molecule has 0 fully saturated rings. The van der Waals surface area contributed by atoms with Gasteiger partial charge >= 0.3 is 0 Å². The molecule has 0 aliphatic rings. The number of hydrogen-bond acceptors (Lipinski definition) is 5. The van der Waals surface area contributed by atoms with Gasteiger partial charge in [-0.25, -0.2) is 17.7 Å². The Morgan fingerprint density at radius 3 is 2.50 bits per heavy atom. The number of benzene rings is 1. The van der Waals surface area contributed by atoms with Crippen LogP contribution >= 0.6 is 11.3 Å². The highest BCUT2D eigenvalue weighted by molar-refractivity contribution is 7.91. The Morgan fingerprint density at radius 2 is 1.86 bits per heavy atom. The molecule has 0 amide bonds. The topological polar surface area (TPSA) is 83.0 Å². The predicted octanol–water partition coefficient (Wildman–Crippen LogP) is 2.44. The van der Waals surface area contributed by atoms with Gasteiger partial charge in [-0.2, -0.15) is 0 Å². The van der Waals surface area contributed by atoms with Gasteiger partial charge in [0.05, 0.1) is 13.1 Å². The summed E-state index contributed by atoms with van der Waals surface area (Å²) in [7, 11) is -0.343. The smallest absolute Gasteiger partial charge is 0.252 e. The Morgan fingerprint density at radius 1 is 1.14 bits per heavy atom. The molecule has 2 aromatic rings. The van der Waals surface area contributed by atoms with E-state index < -0.39 is 10.0 Å². The molecule has 0 unspecified atom stereocenters. The van der Waals surface area contributed by atoms with Crippen molar-refractivity contribution in [3.63, 3.8) is 0 Å². The molecule has 0 radical (unpaired) electrons. The van der Waals surface area contributed by atoms with Gasteiger partial charge < -0.3 is 15.4 Å². The Hall–Kier alpha value is -2.10. The molecular weight excluding hydrogens is 396 g/mol. The molecule has 154 valence electrons. The minimum absolute atomic E-state index is 0.326. The monoisotopic (exact) mass is 424 g/mol. The largest absolute Gasteiger partial charge is 0.492 e. The van der Waals surface area contributed by atoms with E-state index in [0.29, 0.717) is 29.9 Å². The van der Waals surface area contributed by atoms with Crippen LogP contribution in [0.25, 0.3) is 0 Å². The molecule has 1 aromatic heterocycles. The summed E-state index contributed by atoms with van der Waals surface area (Å²) in [6, 6.07) is 11.4. The van der Waals surface area contributed by atoms with Gasteiger partial charge in [0.1, 0.15) is 16.6 Å². The molecule has 0 spiro atoms. The van der Waals surface area contributed by atoms with Crippen molar-refractivity contribution < 1.29 is 13.2 Å². The summed E-state index contributed by atoms with van der Waals surface area (Å²) in [6.07, 6.45) is 0. The summed E-state index contributed by atoms with van der Waals surface area (Å²) in [6.45, 7) is 6.28. The summed E-state index contributed by atoms with van der Waals surface area (Å²) < 4.78 is 31.6. The molecule has 1 aromatic carbocycles. The third-order valence-electron chi connectivity index (χ3n) is 3.79. The third kappa shape index (κ3) is 6.50. The van der Waals surface area contributed by atoms with Crippen molar-refractivity contribution in [1.82, 2.24) is 14.9 Å². The maximum Gasteiger partial charge on any atom is 0.252 e. The fourth-order valence-electron chi connectivity index (χ4n) is 2.23. The Bertz CT molecular complexity index is 875. The second-order valence-corrected chi connectivity index (χ2v) is 9.84. The van der Waals surface area contributed by atoms with E-state index in [1.54, 1.807) is 12.1 Å². The maximum absolute atomic E-state index is 12.2. The minimum Gasteiger partial charge on any atom is -0.492 e. The highest BCUT2D eigenvalue weighted by atomic mass is 32.2. The molecule has 0 saturated carbocycles. The second-order valence-electron chi connectivity index (χ2n) is 6.29. The van der Waals surface area contributed by atoms with Crippen LogP contribution in [0.15, 0.2) is 45.6 Å². The fourth-order valence-corrected chi connectivity index (χ4v) is 4.68. The van der Waals surface area contributed by atoms with Gasteiger partial charge in [0.15, 0.2) is 5.96 Å². The quantitative estimate of drug-likeness (QED) is 0.367.